The molecule has 0 aliphatic carbocycles. The van der Waals surface area contributed by atoms with Crippen LogP contribution in [0.5, 0.6) is 5.75 Å². The summed E-state index contributed by atoms with van der Waals surface area (Å²) in [5.74, 6) is -0.351. The Labute approximate surface area is 140 Å². The molecule has 1 aliphatic heterocycles. The summed E-state index contributed by atoms with van der Waals surface area (Å²) in [7, 11) is 0. The minimum Gasteiger partial charge on any atom is -0.506 e. The Morgan fingerprint density at radius 2 is 1.88 bits per heavy atom. The lowest BCUT2D eigenvalue weighted by Gasteiger charge is -2.30. The molecule has 1 amide bonds. The van der Waals surface area contributed by atoms with Crippen molar-refractivity contribution in [3.8, 4) is 5.75 Å². The number of fused-ring (bicyclic) bond motifs is 1. The van der Waals surface area contributed by atoms with E-state index in [-0.39, 0.29) is 23.8 Å². The van der Waals surface area contributed by atoms with Crippen LogP contribution in [0.2, 0.25) is 0 Å². The van der Waals surface area contributed by atoms with E-state index in [2.05, 4.69) is 6.92 Å². The van der Waals surface area contributed by atoms with Crippen LogP contribution in [0.25, 0.3) is 10.8 Å². The number of esters is 1. The summed E-state index contributed by atoms with van der Waals surface area (Å²) in [6, 6.07) is 10.5. The van der Waals surface area contributed by atoms with Crippen molar-refractivity contribution in [3.05, 3.63) is 42.0 Å². The van der Waals surface area contributed by atoms with E-state index < -0.39 is 5.97 Å². The van der Waals surface area contributed by atoms with Gasteiger partial charge in [-0.25, -0.2) is 4.79 Å². The van der Waals surface area contributed by atoms with E-state index in [4.69, 9.17) is 4.74 Å². The Balaban J connectivity index is 1.65. The van der Waals surface area contributed by atoms with Crippen LogP contribution in [0.1, 0.15) is 30.1 Å². The van der Waals surface area contributed by atoms with Crippen molar-refractivity contribution >= 4 is 22.6 Å². The maximum Gasteiger partial charge on any atom is 0.342 e. The van der Waals surface area contributed by atoms with Gasteiger partial charge in [0.25, 0.3) is 5.91 Å². The van der Waals surface area contributed by atoms with Crippen molar-refractivity contribution in [2.24, 2.45) is 5.92 Å². The second-order valence-corrected chi connectivity index (χ2v) is 6.32. The molecule has 126 valence electrons. The van der Waals surface area contributed by atoms with Gasteiger partial charge in [0.05, 0.1) is 0 Å². The van der Waals surface area contributed by atoms with Gasteiger partial charge in [0.1, 0.15) is 11.3 Å². The van der Waals surface area contributed by atoms with Crippen molar-refractivity contribution in [3.63, 3.8) is 0 Å². The number of benzene rings is 2. The quantitative estimate of drug-likeness (QED) is 0.880. The summed E-state index contributed by atoms with van der Waals surface area (Å²) >= 11 is 0. The van der Waals surface area contributed by atoms with Gasteiger partial charge in [-0.05, 0) is 30.2 Å². The topological polar surface area (TPSA) is 66.8 Å². The third-order valence-electron chi connectivity index (χ3n) is 4.58. The number of phenolic OH excluding ortho intramolecular Hbond substituents is 1. The highest BCUT2D eigenvalue weighted by Crippen LogP contribution is 2.29. The third kappa shape index (κ3) is 3.35. The third-order valence-corrected chi connectivity index (χ3v) is 4.58. The van der Waals surface area contributed by atoms with E-state index in [1.807, 2.05) is 12.1 Å². The van der Waals surface area contributed by atoms with Crippen LogP contribution >= 0.6 is 0 Å². The molecule has 0 bridgehead atoms. The molecule has 0 aromatic heterocycles. The normalized spacial score (nSPS) is 15.5. The number of amides is 1. The van der Waals surface area contributed by atoms with Crippen LogP contribution < -0.4 is 0 Å². The molecular weight excluding hydrogens is 306 g/mol. The van der Waals surface area contributed by atoms with Crippen LogP contribution in [0, 0.1) is 5.92 Å². The van der Waals surface area contributed by atoms with E-state index in [1.165, 1.54) is 6.07 Å². The average Bonchev–Trinajstić information content (AvgIpc) is 2.60. The van der Waals surface area contributed by atoms with Gasteiger partial charge in [0.2, 0.25) is 0 Å². The summed E-state index contributed by atoms with van der Waals surface area (Å²) in [6.45, 7) is 3.29. The Morgan fingerprint density at radius 1 is 1.17 bits per heavy atom. The van der Waals surface area contributed by atoms with Crippen molar-refractivity contribution in [1.82, 2.24) is 4.90 Å². The first-order valence-corrected chi connectivity index (χ1v) is 8.22. The number of ether oxygens (including phenoxy) is 1. The Kier molecular flexibility index (Phi) is 4.69. The first kappa shape index (κ1) is 16.3. The molecule has 1 heterocycles. The number of hydrogen-bond donors (Lipinski definition) is 1. The van der Waals surface area contributed by atoms with Crippen molar-refractivity contribution < 1.29 is 19.4 Å². The molecule has 1 aliphatic rings. The average molecular weight is 327 g/mol. The zero-order valence-electron chi connectivity index (χ0n) is 13.7. The lowest BCUT2D eigenvalue weighted by atomic mass is 9.99. The van der Waals surface area contributed by atoms with Crippen LogP contribution in [0.15, 0.2) is 36.4 Å². The molecule has 0 radical (unpaired) electrons. The molecule has 0 unspecified atom stereocenters. The number of rotatable bonds is 3. The number of nitrogens with zero attached hydrogens (tertiary/aromatic N) is 1. The fraction of sp³-hybridized carbons (Fsp3) is 0.368. The second kappa shape index (κ2) is 6.91. The van der Waals surface area contributed by atoms with Crippen LogP contribution in [0.4, 0.5) is 0 Å². The standard InChI is InChI=1S/C19H21NO4/c1-13-8-10-20(11-9-13)17(21)12-24-19(23)16-7-6-14-4-2-3-5-15(14)18(16)22/h2-7,13,22H,8-12H2,1H3. The van der Waals surface area contributed by atoms with Gasteiger partial charge in [0, 0.05) is 18.5 Å². The predicted octanol–water partition coefficient (Wildman–Crippen LogP) is 2.96. The van der Waals surface area contributed by atoms with Gasteiger partial charge >= 0.3 is 5.97 Å². The number of carbonyl (C=O) groups is 2. The predicted molar refractivity (Wildman–Crippen MR) is 90.9 cm³/mol. The highest BCUT2D eigenvalue weighted by Gasteiger charge is 2.22. The molecule has 0 saturated carbocycles. The van der Waals surface area contributed by atoms with Crippen molar-refractivity contribution in [1.29, 1.82) is 0 Å². The zero-order valence-corrected chi connectivity index (χ0v) is 13.7. The molecule has 1 N–H and O–H groups in total. The molecule has 1 saturated heterocycles. The minimum atomic E-state index is -0.683. The Morgan fingerprint density at radius 3 is 2.62 bits per heavy atom. The summed E-state index contributed by atoms with van der Waals surface area (Å²) in [5.41, 5.74) is 0.0776. The summed E-state index contributed by atoms with van der Waals surface area (Å²) in [4.78, 5) is 26.0. The number of carbonyl (C=O) groups excluding carboxylic acids is 2. The molecular formula is C19H21NO4. The van der Waals surface area contributed by atoms with Crippen LogP contribution in [0.3, 0.4) is 0 Å². The maximum atomic E-state index is 12.2. The number of likely N-dealkylation sites (tertiary alicyclic amines) is 1. The van der Waals surface area contributed by atoms with Gasteiger partial charge in [-0.15, -0.1) is 0 Å². The molecule has 0 atom stereocenters. The SMILES string of the molecule is CC1CCN(C(=O)COC(=O)c2ccc3ccccc3c2O)CC1. The van der Waals surface area contributed by atoms with E-state index in [0.29, 0.717) is 24.4 Å². The molecule has 2 aromatic carbocycles. The molecule has 3 rings (SSSR count). The summed E-state index contributed by atoms with van der Waals surface area (Å²) in [6.07, 6.45) is 1.95. The summed E-state index contributed by atoms with van der Waals surface area (Å²) < 4.78 is 5.11. The monoisotopic (exact) mass is 327 g/mol. The van der Waals surface area contributed by atoms with E-state index in [1.54, 1.807) is 23.1 Å². The first-order chi connectivity index (χ1) is 11.6. The van der Waals surface area contributed by atoms with E-state index >= 15 is 0 Å². The van der Waals surface area contributed by atoms with Crippen LogP contribution in [-0.2, 0) is 9.53 Å². The maximum absolute atomic E-state index is 12.2. The molecule has 1 fully saturated rings. The largest absolute Gasteiger partial charge is 0.506 e. The first-order valence-electron chi connectivity index (χ1n) is 8.22. The molecule has 2 aromatic rings. The number of hydrogen-bond acceptors (Lipinski definition) is 4. The Hall–Kier alpha value is -2.56. The van der Waals surface area contributed by atoms with Gasteiger partial charge in [-0.2, -0.15) is 0 Å². The van der Waals surface area contributed by atoms with Gasteiger partial charge in [-0.1, -0.05) is 37.3 Å². The van der Waals surface area contributed by atoms with E-state index in [9.17, 15) is 14.7 Å². The lowest BCUT2D eigenvalue weighted by Crippen LogP contribution is -2.40. The fourth-order valence-electron chi connectivity index (χ4n) is 2.97. The van der Waals surface area contributed by atoms with Gasteiger partial charge in [-0.3, -0.25) is 4.79 Å². The molecule has 0 spiro atoms. The highest BCUT2D eigenvalue weighted by atomic mass is 16.5. The number of piperidine rings is 1. The highest BCUT2D eigenvalue weighted by molar-refractivity contribution is 6.01. The van der Waals surface area contributed by atoms with Crippen molar-refractivity contribution in [2.45, 2.75) is 19.8 Å². The van der Waals surface area contributed by atoms with Gasteiger partial charge < -0.3 is 14.7 Å². The minimum absolute atomic E-state index is 0.0776. The summed E-state index contributed by atoms with van der Waals surface area (Å²) in [5, 5.41) is 11.7. The fourth-order valence-corrected chi connectivity index (χ4v) is 2.97. The second-order valence-electron chi connectivity index (χ2n) is 6.32. The lowest BCUT2D eigenvalue weighted by molar-refractivity contribution is -0.135. The number of aromatic hydroxyl groups is 1. The zero-order chi connectivity index (χ0) is 17.1. The smallest absolute Gasteiger partial charge is 0.342 e. The molecule has 5 heteroatoms. The van der Waals surface area contributed by atoms with Gasteiger partial charge in [0.15, 0.2) is 6.61 Å². The number of phenols is 1. The molecule has 24 heavy (non-hydrogen) atoms. The van der Waals surface area contributed by atoms with Crippen molar-refractivity contribution in [2.75, 3.05) is 19.7 Å². The van der Waals surface area contributed by atoms with E-state index in [0.717, 1.165) is 18.2 Å². The Bertz CT molecular complexity index is 763. The molecule has 5 nitrogen and oxygen atoms in total. The van der Waals surface area contributed by atoms with Crippen LogP contribution in [-0.4, -0.2) is 41.6 Å².